The number of aromatic nitrogens is 4. The van der Waals surface area contributed by atoms with Crippen LogP contribution in [0, 0.1) is 11.6 Å². The highest BCUT2D eigenvalue weighted by atomic mass is 32.2. The Morgan fingerprint density at radius 2 is 2.00 bits per heavy atom. The van der Waals surface area contributed by atoms with Gasteiger partial charge < -0.3 is 10.6 Å². The van der Waals surface area contributed by atoms with E-state index >= 15 is 0 Å². The Bertz CT molecular complexity index is 1220. The standard InChI is InChI=1S/C20H18F2N6O2S/c1-12-17(18(23)29)31-20(26(12)10-14-4-2-3-7-24-14)27-11-25-28(19(27)30)9-13-5-6-15(21)16(22)8-13/h2-8,11,20H,9-10H2,1H3,(H2,23,29). The topological polar surface area (TPSA) is 99.0 Å². The van der Waals surface area contributed by atoms with E-state index < -0.39 is 28.7 Å². The molecule has 0 bridgehead atoms. The van der Waals surface area contributed by atoms with Crippen molar-refractivity contribution in [3.8, 4) is 0 Å². The number of pyridine rings is 1. The summed E-state index contributed by atoms with van der Waals surface area (Å²) in [6.07, 6.45) is 3.01. The largest absolute Gasteiger partial charge is 0.365 e. The van der Waals surface area contributed by atoms with Gasteiger partial charge in [0.25, 0.3) is 5.91 Å². The van der Waals surface area contributed by atoms with Crippen LogP contribution in [0.1, 0.15) is 23.7 Å². The van der Waals surface area contributed by atoms with Gasteiger partial charge in [-0.3, -0.25) is 14.3 Å². The zero-order valence-corrected chi connectivity index (χ0v) is 17.2. The second-order valence-corrected chi connectivity index (χ2v) is 7.96. The van der Waals surface area contributed by atoms with E-state index in [0.29, 0.717) is 22.7 Å². The SMILES string of the molecule is CC1=C(C(N)=O)SC(n2cnn(Cc3ccc(F)c(F)c3)c2=O)N1Cc1ccccn1. The molecular formula is C20H18F2N6O2S. The van der Waals surface area contributed by atoms with E-state index in [2.05, 4.69) is 10.1 Å². The van der Waals surface area contributed by atoms with Crippen molar-refractivity contribution in [1.82, 2.24) is 24.2 Å². The van der Waals surface area contributed by atoms with E-state index in [-0.39, 0.29) is 6.54 Å². The van der Waals surface area contributed by atoms with Crippen LogP contribution in [0.2, 0.25) is 0 Å². The fourth-order valence-corrected chi connectivity index (χ4v) is 4.51. The molecule has 3 heterocycles. The third-order valence-corrected chi connectivity index (χ3v) is 6.27. The Morgan fingerprint density at radius 1 is 1.19 bits per heavy atom. The second-order valence-electron chi connectivity index (χ2n) is 6.90. The molecule has 0 spiro atoms. The van der Waals surface area contributed by atoms with Crippen LogP contribution in [0.15, 0.2) is 64.3 Å². The number of hydrogen-bond acceptors (Lipinski definition) is 6. The maximum atomic E-state index is 13.5. The molecule has 2 aromatic heterocycles. The molecule has 31 heavy (non-hydrogen) atoms. The van der Waals surface area contributed by atoms with Gasteiger partial charge >= 0.3 is 5.69 Å². The number of nitrogens with two attached hydrogens (primary N) is 1. The van der Waals surface area contributed by atoms with Crippen molar-refractivity contribution >= 4 is 17.7 Å². The number of carbonyl (C=O) groups excluding carboxylic acids is 1. The molecule has 1 atom stereocenters. The van der Waals surface area contributed by atoms with E-state index in [1.54, 1.807) is 19.2 Å². The summed E-state index contributed by atoms with van der Waals surface area (Å²) >= 11 is 1.15. The zero-order chi connectivity index (χ0) is 22.1. The first-order chi connectivity index (χ1) is 14.8. The van der Waals surface area contributed by atoms with Crippen molar-refractivity contribution in [2.45, 2.75) is 25.5 Å². The molecule has 11 heteroatoms. The number of halogens is 2. The van der Waals surface area contributed by atoms with Crippen LogP contribution >= 0.6 is 11.8 Å². The van der Waals surface area contributed by atoms with E-state index in [4.69, 9.17) is 5.73 Å². The van der Waals surface area contributed by atoms with Gasteiger partial charge in [-0.15, -0.1) is 0 Å². The maximum Gasteiger partial charge on any atom is 0.348 e. The molecule has 4 rings (SSSR count). The summed E-state index contributed by atoms with van der Waals surface area (Å²) in [6, 6.07) is 8.89. The van der Waals surface area contributed by atoms with Crippen molar-refractivity contribution in [3.05, 3.63) is 92.9 Å². The Labute approximate surface area is 180 Å². The van der Waals surface area contributed by atoms with E-state index in [1.807, 2.05) is 17.0 Å². The minimum atomic E-state index is -0.996. The molecule has 1 unspecified atom stereocenters. The number of rotatable bonds is 6. The van der Waals surface area contributed by atoms with Crippen molar-refractivity contribution in [1.29, 1.82) is 0 Å². The summed E-state index contributed by atoms with van der Waals surface area (Å²) in [5.74, 6) is -2.54. The van der Waals surface area contributed by atoms with E-state index in [0.717, 1.165) is 34.3 Å². The van der Waals surface area contributed by atoms with Crippen LogP contribution in [0.3, 0.4) is 0 Å². The fraction of sp³-hybridized carbons (Fsp3) is 0.200. The number of thioether (sulfide) groups is 1. The highest BCUT2D eigenvalue weighted by Crippen LogP contribution is 2.44. The van der Waals surface area contributed by atoms with Gasteiger partial charge in [0, 0.05) is 11.9 Å². The minimum absolute atomic E-state index is 0.0320. The van der Waals surface area contributed by atoms with Gasteiger partial charge in [-0.1, -0.05) is 23.9 Å². The Balaban J connectivity index is 1.65. The van der Waals surface area contributed by atoms with Crippen LogP contribution in [0.4, 0.5) is 8.78 Å². The number of primary amides is 1. The molecule has 160 valence electrons. The van der Waals surface area contributed by atoms with Crippen molar-refractivity contribution in [3.63, 3.8) is 0 Å². The van der Waals surface area contributed by atoms with E-state index in [9.17, 15) is 18.4 Å². The summed E-state index contributed by atoms with van der Waals surface area (Å²) in [5.41, 5.74) is 6.23. The van der Waals surface area contributed by atoms with Crippen LogP contribution in [-0.4, -0.2) is 30.1 Å². The Hall–Kier alpha value is -3.47. The average molecular weight is 444 g/mol. The maximum absolute atomic E-state index is 13.5. The number of carbonyl (C=O) groups is 1. The van der Waals surface area contributed by atoms with Crippen molar-refractivity contribution in [2.75, 3.05) is 0 Å². The second kappa shape index (κ2) is 8.34. The highest BCUT2D eigenvalue weighted by molar-refractivity contribution is 8.04. The third-order valence-electron chi connectivity index (χ3n) is 4.84. The molecule has 8 nitrogen and oxygen atoms in total. The Morgan fingerprint density at radius 3 is 2.68 bits per heavy atom. The summed E-state index contributed by atoms with van der Waals surface area (Å²) < 4.78 is 29.2. The number of allylic oxidation sites excluding steroid dienone is 1. The summed E-state index contributed by atoms with van der Waals surface area (Å²) in [6.45, 7) is 2.07. The average Bonchev–Trinajstić information content (AvgIpc) is 3.26. The van der Waals surface area contributed by atoms with Gasteiger partial charge in [0.05, 0.1) is 23.7 Å². The predicted octanol–water partition coefficient (Wildman–Crippen LogP) is 2.19. The van der Waals surface area contributed by atoms with Gasteiger partial charge in [-0.2, -0.15) is 5.10 Å². The quantitative estimate of drug-likeness (QED) is 0.626. The van der Waals surface area contributed by atoms with Gasteiger partial charge in [-0.05, 0) is 36.8 Å². The molecule has 0 radical (unpaired) electrons. The molecular weight excluding hydrogens is 426 g/mol. The first-order valence-electron chi connectivity index (χ1n) is 9.27. The van der Waals surface area contributed by atoms with Crippen LogP contribution < -0.4 is 11.4 Å². The summed E-state index contributed by atoms with van der Waals surface area (Å²) in [7, 11) is 0. The van der Waals surface area contributed by atoms with Gasteiger partial charge in [0.1, 0.15) is 6.33 Å². The molecule has 2 N–H and O–H groups in total. The van der Waals surface area contributed by atoms with Gasteiger partial charge in [-0.25, -0.2) is 18.3 Å². The first-order valence-corrected chi connectivity index (χ1v) is 10.1. The lowest BCUT2D eigenvalue weighted by Gasteiger charge is -2.27. The van der Waals surface area contributed by atoms with Crippen molar-refractivity contribution < 1.29 is 13.6 Å². The molecule has 0 aliphatic carbocycles. The summed E-state index contributed by atoms with van der Waals surface area (Å²) in [4.78, 5) is 31.4. The number of hydrogen-bond donors (Lipinski definition) is 1. The number of benzene rings is 1. The molecule has 1 aliphatic rings. The van der Waals surface area contributed by atoms with Gasteiger partial charge in [0.2, 0.25) is 0 Å². The zero-order valence-electron chi connectivity index (χ0n) is 16.4. The number of nitrogens with zero attached hydrogens (tertiary/aromatic N) is 5. The molecule has 0 fully saturated rings. The smallest absolute Gasteiger partial charge is 0.348 e. The summed E-state index contributed by atoms with van der Waals surface area (Å²) in [5, 5.41) is 4.10. The number of amides is 1. The predicted molar refractivity (Wildman–Crippen MR) is 110 cm³/mol. The van der Waals surface area contributed by atoms with Crippen LogP contribution in [-0.2, 0) is 17.9 Å². The molecule has 0 saturated heterocycles. The molecule has 1 aliphatic heterocycles. The highest BCUT2D eigenvalue weighted by Gasteiger charge is 2.35. The monoisotopic (exact) mass is 444 g/mol. The van der Waals surface area contributed by atoms with E-state index in [1.165, 1.54) is 17.0 Å². The first kappa shape index (κ1) is 20.8. The lowest BCUT2D eigenvalue weighted by atomic mass is 10.2. The fourth-order valence-electron chi connectivity index (χ4n) is 3.28. The molecule has 3 aromatic rings. The molecule has 1 aromatic carbocycles. The molecule has 1 amide bonds. The minimum Gasteiger partial charge on any atom is -0.365 e. The lowest BCUT2D eigenvalue weighted by Crippen LogP contribution is -2.33. The lowest BCUT2D eigenvalue weighted by molar-refractivity contribution is -0.114. The normalized spacial score (nSPS) is 16.2. The van der Waals surface area contributed by atoms with Crippen LogP contribution in [0.5, 0.6) is 0 Å². The molecule has 0 saturated carbocycles. The van der Waals surface area contributed by atoms with Crippen LogP contribution in [0.25, 0.3) is 0 Å². The van der Waals surface area contributed by atoms with Crippen molar-refractivity contribution in [2.24, 2.45) is 5.73 Å². The van der Waals surface area contributed by atoms with Gasteiger partial charge in [0.15, 0.2) is 17.1 Å². The Kier molecular flexibility index (Phi) is 5.59. The third kappa shape index (κ3) is 4.08.